The van der Waals surface area contributed by atoms with Crippen LogP contribution < -0.4 is 10.2 Å². The molecule has 0 aromatic carbocycles. The molecule has 1 atom stereocenters. The first-order chi connectivity index (χ1) is 6.90. The average molecular weight is 211 g/mol. The summed E-state index contributed by atoms with van der Waals surface area (Å²) in [6.45, 7) is 1.03. The van der Waals surface area contributed by atoms with Gasteiger partial charge in [0.2, 0.25) is 0 Å². The zero-order valence-electron chi connectivity index (χ0n) is 8.10. The molecule has 1 aliphatic heterocycles. The van der Waals surface area contributed by atoms with Crippen molar-refractivity contribution in [1.82, 2.24) is 9.80 Å². The van der Waals surface area contributed by atoms with E-state index in [-0.39, 0.29) is 19.6 Å². The lowest BCUT2D eigenvalue weighted by molar-refractivity contribution is -0.280. The quantitative estimate of drug-likeness (QED) is 0.442. The predicted molar refractivity (Wildman–Crippen MR) is 43.1 cm³/mol. The minimum Gasteiger partial charge on any atom is -0.530 e. The second-order valence-corrected chi connectivity index (χ2v) is 3.49. The molecule has 0 aromatic heterocycles. The number of carboxylic acid groups (broad SMARTS) is 2. The zero-order valence-corrected chi connectivity index (χ0v) is 8.10. The summed E-state index contributed by atoms with van der Waals surface area (Å²) in [7, 11) is 0. The Balaban J connectivity index is 2.90. The predicted octanol–water partition coefficient (Wildman–Crippen LogP) is -2.43. The Morgan fingerprint density at radius 2 is 1.93 bits per heavy atom. The van der Waals surface area contributed by atoms with Gasteiger partial charge in [0.15, 0.2) is 0 Å². The van der Waals surface area contributed by atoms with Crippen LogP contribution in [-0.2, 0) is 0 Å². The van der Waals surface area contributed by atoms with E-state index in [9.17, 15) is 19.8 Å². The van der Waals surface area contributed by atoms with E-state index >= 15 is 0 Å². The summed E-state index contributed by atoms with van der Waals surface area (Å²) in [5, 5.41) is 30.1. The molecular formula is C8H9N3O4-2. The van der Waals surface area contributed by atoms with Crippen LogP contribution in [0.1, 0.15) is 6.92 Å². The van der Waals surface area contributed by atoms with E-state index in [4.69, 9.17) is 5.26 Å². The lowest BCUT2D eigenvalue weighted by Crippen LogP contribution is -2.66. The van der Waals surface area contributed by atoms with Crippen molar-refractivity contribution in [3.63, 3.8) is 0 Å². The van der Waals surface area contributed by atoms with Gasteiger partial charge in [-0.2, -0.15) is 5.26 Å². The van der Waals surface area contributed by atoms with E-state index in [0.717, 1.165) is 9.80 Å². The number of hydrogen-bond acceptors (Lipinski definition) is 5. The molecule has 0 spiro atoms. The van der Waals surface area contributed by atoms with Crippen molar-refractivity contribution in [3.05, 3.63) is 0 Å². The number of piperazine rings is 1. The number of amides is 2. The van der Waals surface area contributed by atoms with Crippen LogP contribution in [0.4, 0.5) is 9.59 Å². The zero-order chi connectivity index (χ0) is 11.6. The molecule has 0 bridgehead atoms. The number of nitriles is 1. The lowest BCUT2D eigenvalue weighted by Gasteiger charge is -2.47. The second-order valence-electron chi connectivity index (χ2n) is 3.49. The van der Waals surface area contributed by atoms with E-state index in [1.54, 1.807) is 6.07 Å². The van der Waals surface area contributed by atoms with E-state index in [0.29, 0.717) is 0 Å². The highest BCUT2D eigenvalue weighted by Gasteiger charge is 2.38. The van der Waals surface area contributed by atoms with Gasteiger partial charge in [-0.05, 0) is 6.92 Å². The van der Waals surface area contributed by atoms with E-state index < -0.39 is 17.7 Å². The Labute approximate surface area is 86.1 Å². The van der Waals surface area contributed by atoms with Crippen molar-refractivity contribution >= 4 is 12.2 Å². The van der Waals surface area contributed by atoms with Gasteiger partial charge in [-0.25, -0.2) is 0 Å². The number of carbonyl (C=O) groups excluding carboxylic acids is 2. The largest absolute Gasteiger partial charge is 0.530 e. The molecule has 7 heteroatoms. The van der Waals surface area contributed by atoms with Crippen molar-refractivity contribution in [2.75, 3.05) is 19.6 Å². The fourth-order valence-corrected chi connectivity index (χ4v) is 1.55. The van der Waals surface area contributed by atoms with Crippen LogP contribution in [0, 0.1) is 11.3 Å². The highest BCUT2D eigenvalue weighted by atomic mass is 16.4. The van der Waals surface area contributed by atoms with Gasteiger partial charge in [0, 0.05) is 13.1 Å². The maximum absolute atomic E-state index is 10.7. The normalized spacial score (nSPS) is 25.9. The molecule has 2 amide bonds. The number of rotatable bonds is 0. The summed E-state index contributed by atoms with van der Waals surface area (Å²) in [6.07, 6.45) is -2.88. The lowest BCUT2D eigenvalue weighted by atomic mass is 9.99. The van der Waals surface area contributed by atoms with Crippen LogP contribution in [0.25, 0.3) is 0 Å². The van der Waals surface area contributed by atoms with Crippen molar-refractivity contribution < 1.29 is 19.8 Å². The molecule has 1 rings (SSSR count). The van der Waals surface area contributed by atoms with Crippen molar-refractivity contribution in [1.29, 1.82) is 5.26 Å². The minimum atomic E-state index is -1.47. The summed E-state index contributed by atoms with van der Waals surface area (Å²) in [5.74, 6) is 0. The molecule has 7 nitrogen and oxygen atoms in total. The van der Waals surface area contributed by atoms with Crippen molar-refractivity contribution in [3.8, 4) is 6.07 Å². The fourth-order valence-electron chi connectivity index (χ4n) is 1.55. The summed E-state index contributed by atoms with van der Waals surface area (Å²) < 4.78 is 0. The molecule has 1 saturated heterocycles. The summed E-state index contributed by atoms with van der Waals surface area (Å²) in [6, 6.07) is 1.77. The summed E-state index contributed by atoms with van der Waals surface area (Å²) >= 11 is 0. The van der Waals surface area contributed by atoms with Crippen LogP contribution in [0.15, 0.2) is 0 Å². The maximum Gasteiger partial charge on any atom is 0.143 e. The van der Waals surface area contributed by atoms with E-state index in [2.05, 4.69) is 0 Å². The molecule has 1 fully saturated rings. The third-order valence-electron chi connectivity index (χ3n) is 2.41. The van der Waals surface area contributed by atoms with Crippen LogP contribution in [0.5, 0.6) is 0 Å². The fraction of sp³-hybridized carbons (Fsp3) is 0.625. The van der Waals surface area contributed by atoms with Crippen LogP contribution >= 0.6 is 0 Å². The molecule has 0 saturated carbocycles. The molecule has 0 aromatic rings. The Morgan fingerprint density at radius 3 is 2.33 bits per heavy atom. The first-order valence-electron chi connectivity index (χ1n) is 4.26. The first-order valence-corrected chi connectivity index (χ1v) is 4.26. The molecule has 15 heavy (non-hydrogen) atoms. The molecule has 82 valence electrons. The molecule has 0 N–H and O–H groups in total. The molecular weight excluding hydrogens is 202 g/mol. The Kier molecular flexibility index (Phi) is 2.70. The first kappa shape index (κ1) is 11.1. The second kappa shape index (κ2) is 3.65. The average Bonchev–Trinajstić information content (AvgIpc) is 2.17. The summed E-state index contributed by atoms with van der Waals surface area (Å²) in [4.78, 5) is 23.0. The standard InChI is InChI=1S/C8H11N3O4/c1-8(4-9)5-10(6(12)13)2-3-11(8)7(14)15/h2-3,5H2,1H3,(H,12,13)(H,14,15)/p-2. The van der Waals surface area contributed by atoms with Crippen LogP contribution in [0.2, 0.25) is 0 Å². The van der Waals surface area contributed by atoms with E-state index in [1.807, 2.05) is 0 Å². The van der Waals surface area contributed by atoms with Gasteiger partial charge in [-0.1, -0.05) is 0 Å². The third kappa shape index (κ3) is 1.93. The van der Waals surface area contributed by atoms with Crippen LogP contribution in [0.3, 0.4) is 0 Å². The van der Waals surface area contributed by atoms with Gasteiger partial charge < -0.3 is 29.6 Å². The summed E-state index contributed by atoms with van der Waals surface area (Å²) in [5.41, 5.74) is -1.41. The topological polar surface area (TPSA) is 111 Å². The number of hydrogen-bond donors (Lipinski definition) is 0. The van der Waals surface area contributed by atoms with Gasteiger partial charge in [0.25, 0.3) is 0 Å². The third-order valence-corrected chi connectivity index (χ3v) is 2.41. The highest BCUT2D eigenvalue weighted by molar-refractivity contribution is 5.67. The number of nitrogens with zero attached hydrogens (tertiary/aromatic N) is 3. The van der Waals surface area contributed by atoms with Crippen LogP contribution in [-0.4, -0.2) is 47.2 Å². The smallest absolute Gasteiger partial charge is 0.143 e. The van der Waals surface area contributed by atoms with Gasteiger partial charge in [-0.15, -0.1) is 0 Å². The van der Waals surface area contributed by atoms with E-state index in [1.165, 1.54) is 6.92 Å². The van der Waals surface area contributed by atoms with Gasteiger partial charge in [-0.3, -0.25) is 0 Å². The minimum absolute atomic E-state index is 0.00637. The monoisotopic (exact) mass is 211 g/mol. The Bertz CT molecular complexity index is 337. The molecule has 1 aliphatic rings. The van der Waals surface area contributed by atoms with Gasteiger partial charge in [0.1, 0.15) is 17.7 Å². The highest BCUT2D eigenvalue weighted by Crippen LogP contribution is 2.19. The number of carbonyl (C=O) groups is 2. The van der Waals surface area contributed by atoms with Gasteiger partial charge in [0.05, 0.1) is 12.6 Å². The van der Waals surface area contributed by atoms with Crippen molar-refractivity contribution in [2.45, 2.75) is 12.5 Å². The van der Waals surface area contributed by atoms with Gasteiger partial charge >= 0.3 is 0 Å². The molecule has 1 heterocycles. The Hall–Kier alpha value is -1.97. The SMILES string of the molecule is CC1(C#N)CN(C(=O)[O-])CCN1C(=O)[O-]. The molecule has 0 aliphatic carbocycles. The van der Waals surface area contributed by atoms with Crippen molar-refractivity contribution in [2.24, 2.45) is 0 Å². The molecule has 0 radical (unpaired) electrons. The molecule has 1 unspecified atom stereocenters. The Morgan fingerprint density at radius 1 is 1.33 bits per heavy atom. The maximum atomic E-state index is 10.7.